The van der Waals surface area contributed by atoms with Gasteiger partial charge >= 0.3 is 0 Å². The van der Waals surface area contributed by atoms with E-state index >= 15 is 0 Å². The first-order chi connectivity index (χ1) is 10.1. The van der Waals surface area contributed by atoms with E-state index in [1.54, 1.807) is 0 Å². The van der Waals surface area contributed by atoms with Crippen LogP contribution in [0.4, 0.5) is 0 Å². The molecule has 0 bridgehead atoms. The molecule has 0 N–H and O–H groups in total. The first-order valence-electron chi connectivity index (χ1n) is 8.88. The molecule has 0 spiro atoms. The average Bonchev–Trinajstić information content (AvgIpc) is 2.53. The Labute approximate surface area is 134 Å². The summed E-state index contributed by atoms with van der Waals surface area (Å²) in [6.45, 7) is 13.3. The van der Waals surface area contributed by atoms with Gasteiger partial charge in [0.1, 0.15) is 6.10 Å². The third-order valence-electron chi connectivity index (χ3n) is 4.56. The average molecular weight is 309 g/mol. The summed E-state index contributed by atoms with van der Waals surface area (Å²) in [4.78, 5) is 0. The second kappa shape index (κ2) is 12.1. The molecule has 122 valence electrons. The number of rotatable bonds is 10. The van der Waals surface area contributed by atoms with Crippen LogP contribution in [0.15, 0.2) is 11.6 Å². The Bertz CT molecular complexity index is 336. The molecule has 0 fully saturated rings. The molecule has 0 saturated heterocycles. The predicted octanol–water partition coefficient (Wildman–Crippen LogP) is 6.32. The van der Waals surface area contributed by atoms with E-state index in [0.29, 0.717) is 0 Å². The molecule has 0 heterocycles. The Kier molecular flexibility index (Phi) is 11.8. The zero-order chi connectivity index (χ0) is 16.1. The lowest BCUT2D eigenvalue weighted by Gasteiger charge is -2.31. The van der Waals surface area contributed by atoms with Crippen molar-refractivity contribution in [3.05, 3.63) is 11.6 Å². The van der Waals surface area contributed by atoms with E-state index in [4.69, 9.17) is 4.43 Å². The highest BCUT2D eigenvalue weighted by Crippen LogP contribution is 2.25. The number of unbranched alkanes of at least 4 members (excludes halogenated alkanes) is 4. The van der Waals surface area contributed by atoms with Crippen molar-refractivity contribution in [1.29, 1.82) is 0 Å². The zero-order valence-corrected chi connectivity index (χ0v) is 16.2. The lowest BCUT2D eigenvalue weighted by Crippen LogP contribution is -2.39. The molecule has 21 heavy (non-hydrogen) atoms. The quantitative estimate of drug-likeness (QED) is 0.199. The molecule has 1 nitrogen and oxygen atoms in total. The lowest BCUT2D eigenvalue weighted by molar-refractivity contribution is 0.274. The lowest BCUT2D eigenvalue weighted by atomic mass is 10.1. The Morgan fingerprint density at radius 1 is 1.05 bits per heavy atom. The minimum atomic E-state index is -1.58. The van der Waals surface area contributed by atoms with Crippen molar-refractivity contribution < 1.29 is 4.43 Å². The van der Waals surface area contributed by atoms with Crippen LogP contribution in [0, 0.1) is 11.8 Å². The summed E-state index contributed by atoms with van der Waals surface area (Å²) in [7, 11) is -1.58. The van der Waals surface area contributed by atoms with Crippen molar-refractivity contribution >= 4 is 8.32 Å². The molecular weight excluding hydrogens is 272 g/mol. The van der Waals surface area contributed by atoms with Crippen molar-refractivity contribution in [2.24, 2.45) is 0 Å². The standard InChI is InChI=1S/C19H36OSi/c1-7-12-13-14-15-16-17-19(18(6)8-2)20-21(9-3,10-4)11-5/h8,19H,7,9-15H2,1-6H3/b18-8+. The molecule has 0 saturated carbocycles. The van der Waals surface area contributed by atoms with Gasteiger partial charge in [-0.2, -0.15) is 0 Å². The molecule has 0 radical (unpaired) electrons. The number of hydrogen-bond donors (Lipinski definition) is 0. The van der Waals surface area contributed by atoms with Gasteiger partial charge in [0.15, 0.2) is 8.32 Å². The fraction of sp³-hybridized carbons (Fsp3) is 0.789. The summed E-state index contributed by atoms with van der Waals surface area (Å²) in [5, 5.41) is 0. The Hall–Kier alpha value is -0.523. The molecule has 0 aliphatic rings. The fourth-order valence-corrected chi connectivity index (χ4v) is 5.19. The molecule has 0 aliphatic heterocycles. The predicted molar refractivity (Wildman–Crippen MR) is 98.0 cm³/mol. The normalized spacial score (nSPS) is 13.7. The zero-order valence-electron chi connectivity index (χ0n) is 15.2. The maximum Gasteiger partial charge on any atom is 0.194 e. The van der Waals surface area contributed by atoms with Gasteiger partial charge in [0, 0.05) is 6.42 Å². The van der Waals surface area contributed by atoms with Gasteiger partial charge in [0.05, 0.1) is 0 Å². The minimum absolute atomic E-state index is 0.0210. The van der Waals surface area contributed by atoms with Gasteiger partial charge in [-0.15, -0.1) is 5.92 Å². The molecule has 0 rings (SSSR count). The van der Waals surface area contributed by atoms with E-state index in [1.807, 2.05) is 0 Å². The van der Waals surface area contributed by atoms with Crippen LogP contribution in [0.1, 0.15) is 73.6 Å². The third kappa shape index (κ3) is 7.88. The Balaban J connectivity index is 4.71. The van der Waals surface area contributed by atoms with Crippen LogP contribution < -0.4 is 0 Å². The van der Waals surface area contributed by atoms with Crippen LogP contribution in [0.25, 0.3) is 0 Å². The van der Waals surface area contributed by atoms with Crippen LogP contribution >= 0.6 is 0 Å². The van der Waals surface area contributed by atoms with Gasteiger partial charge in [0.25, 0.3) is 0 Å². The highest BCUT2D eigenvalue weighted by atomic mass is 28.4. The molecule has 0 aromatic heterocycles. The van der Waals surface area contributed by atoms with E-state index < -0.39 is 8.32 Å². The third-order valence-corrected chi connectivity index (χ3v) is 9.16. The highest BCUT2D eigenvalue weighted by Gasteiger charge is 2.31. The van der Waals surface area contributed by atoms with Gasteiger partial charge in [-0.25, -0.2) is 0 Å². The monoisotopic (exact) mass is 308 g/mol. The van der Waals surface area contributed by atoms with E-state index in [2.05, 4.69) is 59.5 Å². The van der Waals surface area contributed by atoms with Gasteiger partial charge in [-0.3, -0.25) is 0 Å². The van der Waals surface area contributed by atoms with Gasteiger partial charge in [-0.05, 0) is 44.0 Å². The van der Waals surface area contributed by atoms with Crippen molar-refractivity contribution in [2.75, 3.05) is 0 Å². The molecule has 1 unspecified atom stereocenters. The van der Waals surface area contributed by atoms with Crippen molar-refractivity contribution in [2.45, 2.75) is 97.9 Å². The summed E-state index contributed by atoms with van der Waals surface area (Å²) in [5.41, 5.74) is 1.27. The fourth-order valence-electron chi connectivity index (χ4n) is 2.44. The largest absolute Gasteiger partial charge is 0.400 e. The Morgan fingerprint density at radius 3 is 2.14 bits per heavy atom. The van der Waals surface area contributed by atoms with Crippen molar-refractivity contribution in [1.82, 2.24) is 0 Å². The van der Waals surface area contributed by atoms with E-state index in [9.17, 15) is 0 Å². The highest BCUT2D eigenvalue weighted by molar-refractivity contribution is 6.73. The van der Waals surface area contributed by atoms with E-state index in [-0.39, 0.29) is 6.10 Å². The Morgan fingerprint density at radius 2 is 1.67 bits per heavy atom. The first-order valence-corrected chi connectivity index (χ1v) is 11.4. The van der Waals surface area contributed by atoms with Crippen molar-refractivity contribution in [3.8, 4) is 11.8 Å². The molecule has 1 atom stereocenters. The molecule has 0 amide bonds. The van der Waals surface area contributed by atoms with Crippen LogP contribution in [-0.2, 0) is 4.43 Å². The van der Waals surface area contributed by atoms with E-state index in [0.717, 1.165) is 6.42 Å². The number of hydrogen-bond acceptors (Lipinski definition) is 1. The maximum atomic E-state index is 6.56. The van der Waals surface area contributed by atoms with Gasteiger partial charge < -0.3 is 4.43 Å². The van der Waals surface area contributed by atoms with Crippen LogP contribution in [0.5, 0.6) is 0 Å². The molecule has 2 heteroatoms. The summed E-state index contributed by atoms with van der Waals surface area (Å²) >= 11 is 0. The van der Waals surface area contributed by atoms with Crippen molar-refractivity contribution in [3.63, 3.8) is 0 Å². The van der Waals surface area contributed by atoms with Gasteiger partial charge in [0.2, 0.25) is 0 Å². The van der Waals surface area contributed by atoms with Gasteiger partial charge in [-0.1, -0.05) is 59.0 Å². The summed E-state index contributed by atoms with van der Waals surface area (Å²) < 4.78 is 6.56. The molecule has 0 aromatic rings. The summed E-state index contributed by atoms with van der Waals surface area (Å²) in [6.07, 6.45) is 8.32. The van der Waals surface area contributed by atoms with Crippen LogP contribution in [0.3, 0.4) is 0 Å². The second-order valence-corrected chi connectivity index (χ2v) is 10.6. The minimum Gasteiger partial charge on any atom is -0.400 e. The second-order valence-electron chi connectivity index (χ2n) is 5.91. The van der Waals surface area contributed by atoms with Crippen LogP contribution in [-0.4, -0.2) is 14.4 Å². The van der Waals surface area contributed by atoms with E-state index in [1.165, 1.54) is 49.4 Å². The maximum absolute atomic E-state index is 6.56. The molecule has 0 aliphatic carbocycles. The summed E-state index contributed by atoms with van der Waals surface area (Å²) in [5.74, 6) is 6.76. The molecular formula is C19H36OSi. The SMILES string of the molecule is C/C=C(\C)C(C#CCCCCCC)O[Si](CC)(CC)CC. The molecule has 0 aromatic carbocycles. The van der Waals surface area contributed by atoms with Crippen LogP contribution in [0.2, 0.25) is 18.1 Å². The number of allylic oxidation sites excluding steroid dienone is 1. The summed E-state index contributed by atoms with van der Waals surface area (Å²) in [6, 6.07) is 3.56. The topological polar surface area (TPSA) is 9.23 Å². The smallest absolute Gasteiger partial charge is 0.194 e. The first kappa shape index (κ1) is 20.5.